The number of carbonyl (C=O) groups is 1. The predicted molar refractivity (Wildman–Crippen MR) is 57.9 cm³/mol. The second-order valence-electron chi connectivity index (χ2n) is 4.11. The van der Waals surface area contributed by atoms with Crippen LogP contribution >= 0.6 is 0 Å². The first kappa shape index (κ1) is 13.9. The van der Waals surface area contributed by atoms with Gasteiger partial charge < -0.3 is 10.4 Å². The first-order chi connectivity index (χ1) is 7.04. The molecule has 0 aliphatic heterocycles. The van der Waals surface area contributed by atoms with Gasteiger partial charge in [-0.3, -0.25) is 4.79 Å². The molecule has 0 bridgehead atoms. The van der Waals surface area contributed by atoms with E-state index in [2.05, 4.69) is 5.32 Å². The van der Waals surface area contributed by atoms with Gasteiger partial charge in [0.15, 0.2) is 0 Å². The molecule has 0 heterocycles. The molecule has 0 rings (SSSR count). The Balaban J connectivity index is 4.18. The SMILES string of the molecule is CCC(C#N)C(=O)NC(CO)CC(C)C. The Bertz CT molecular complexity index is 233. The summed E-state index contributed by atoms with van der Waals surface area (Å²) in [5, 5.41) is 20.4. The van der Waals surface area contributed by atoms with Gasteiger partial charge in [0.1, 0.15) is 5.92 Å². The summed E-state index contributed by atoms with van der Waals surface area (Å²) >= 11 is 0. The van der Waals surface area contributed by atoms with Crippen LogP contribution in [0.2, 0.25) is 0 Å². The van der Waals surface area contributed by atoms with Gasteiger partial charge in [-0.2, -0.15) is 5.26 Å². The molecular formula is C11H20N2O2. The van der Waals surface area contributed by atoms with Crippen molar-refractivity contribution in [2.45, 2.75) is 39.7 Å². The van der Waals surface area contributed by atoms with Gasteiger partial charge >= 0.3 is 0 Å². The van der Waals surface area contributed by atoms with E-state index in [0.29, 0.717) is 12.3 Å². The van der Waals surface area contributed by atoms with Crippen LogP contribution in [-0.4, -0.2) is 23.7 Å². The van der Waals surface area contributed by atoms with Crippen LogP contribution in [-0.2, 0) is 4.79 Å². The third kappa shape index (κ3) is 5.38. The molecule has 0 aromatic carbocycles. The highest BCUT2D eigenvalue weighted by molar-refractivity contribution is 5.81. The highest BCUT2D eigenvalue weighted by Gasteiger charge is 2.19. The molecule has 0 aliphatic carbocycles. The van der Waals surface area contributed by atoms with Crippen LogP contribution < -0.4 is 5.32 Å². The molecule has 0 saturated carbocycles. The monoisotopic (exact) mass is 212 g/mol. The van der Waals surface area contributed by atoms with Gasteiger partial charge in [0, 0.05) is 0 Å². The predicted octanol–water partition coefficient (Wildman–Crippen LogP) is 1.06. The maximum absolute atomic E-state index is 11.5. The number of hydrogen-bond acceptors (Lipinski definition) is 3. The van der Waals surface area contributed by atoms with E-state index in [-0.39, 0.29) is 18.6 Å². The van der Waals surface area contributed by atoms with E-state index in [1.165, 1.54) is 0 Å². The van der Waals surface area contributed by atoms with Crippen molar-refractivity contribution in [1.29, 1.82) is 5.26 Å². The third-order valence-electron chi connectivity index (χ3n) is 2.20. The fourth-order valence-corrected chi connectivity index (χ4v) is 1.39. The largest absolute Gasteiger partial charge is 0.394 e. The van der Waals surface area contributed by atoms with E-state index < -0.39 is 5.92 Å². The highest BCUT2D eigenvalue weighted by atomic mass is 16.3. The lowest BCUT2D eigenvalue weighted by molar-refractivity contribution is -0.124. The van der Waals surface area contributed by atoms with E-state index in [4.69, 9.17) is 10.4 Å². The first-order valence-corrected chi connectivity index (χ1v) is 5.35. The molecule has 1 amide bonds. The Kier molecular flexibility index (Phi) is 6.72. The van der Waals surface area contributed by atoms with E-state index in [1.54, 1.807) is 6.92 Å². The van der Waals surface area contributed by atoms with Crippen molar-refractivity contribution in [1.82, 2.24) is 5.32 Å². The second kappa shape index (κ2) is 7.24. The van der Waals surface area contributed by atoms with E-state index in [9.17, 15) is 4.79 Å². The molecule has 4 nitrogen and oxygen atoms in total. The zero-order valence-electron chi connectivity index (χ0n) is 9.66. The van der Waals surface area contributed by atoms with Gasteiger partial charge in [0.25, 0.3) is 0 Å². The van der Waals surface area contributed by atoms with Crippen molar-refractivity contribution >= 4 is 5.91 Å². The zero-order valence-corrected chi connectivity index (χ0v) is 9.66. The Morgan fingerprint density at radius 2 is 2.13 bits per heavy atom. The van der Waals surface area contributed by atoms with Crippen molar-refractivity contribution < 1.29 is 9.90 Å². The Hall–Kier alpha value is -1.08. The van der Waals surface area contributed by atoms with Crippen molar-refractivity contribution in [3.05, 3.63) is 0 Å². The minimum absolute atomic E-state index is 0.0776. The summed E-state index contributed by atoms with van der Waals surface area (Å²) in [7, 11) is 0. The molecule has 0 radical (unpaired) electrons. The minimum Gasteiger partial charge on any atom is -0.394 e. The summed E-state index contributed by atoms with van der Waals surface area (Å²) in [5.41, 5.74) is 0. The third-order valence-corrected chi connectivity index (χ3v) is 2.20. The van der Waals surface area contributed by atoms with Crippen LogP contribution in [0.5, 0.6) is 0 Å². The number of rotatable bonds is 6. The van der Waals surface area contributed by atoms with Crippen molar-refractivity contribution in [2.24, 2.45) is 11.8 Å². The molecular weight excluding hydrogens is 192 g/mol. The summed E-state index contributed by atoms with van der Waals surface area (Å²) in [6.45, 7) is 5.77. The van der Waals surface area contributed by atoms with Gasteiger partial charge in [-0.15, -0.1) is 0 Å². The quantitative estimate of drug-likeness (QED) is 0.691. The summed E-state index contributed by atoms with van der Waals surface area (Å²) in [6.07, 6.45) is 1.23. The Morgan fingerprint density at radius 1 is 1.53 bits per heavy atom. The highest BCUT2D eigenvalue weighted by Crippen LogP contribution is 2.06. The van der Waals surface area contributed by atoms with Crippen molar-refractivity contribution in [2.75, 3.05) is 6.61 Å². The number of amides is 1. The molecule has 4 heteroatoms. The summed E-state index contributed by atoms with van der Waals surface area (Å²) in [5.74, 6) is -0.476. The maximum Gasteiger partial charge on any atom is 0.237 e. The molecule has 2 unspecified atom stereocenters. The topological polar surface area (TPSA) is 73.1 Å². The molecule has 0 aromatic heterocycles. The van der Waals surface area contributed by atoms with Gasteiger partial charge in [-0.25, -0.2) is 0 Å². The fourth-order valence-electron chi connectivity index (χ4n) is 1.39. The van der Waals surface area contributed by atoms with E-state index in [1.807, 2.05) is 19.9 Å². The van der Waals surface area contributed by atoms with Gasteiger partial charge in [0.2, 0.25) is 5.91 Å². The van der Waals surface area contributed by atoms with Crippen LogP contribution in [0.25, 0.3) is 0 Å². The molecule has 15 heavy (non-hydrogen) atoms. The van der Waals surface area contributed by atoms with Crippen LogP contribution in [0.3, 0.4) is 0 Å². The summed E-state index contributed by atoms with van der Waals surface area (Å²) < 4.78 is 0. The molecule has 0 fully saturated rings. The Labute approximate surface area is 91.3 Å². The normalized spacial score (nSPS) is 14.4. The van der Waals surface area contributed by atoms with E-state index >= 15 is 0 Å². The number of nitriles is 1. The summed E-state index contributed by atoms with van der Waals surface area (Å²) in [6, 6.07) is 1.70. The van der Waals surface area contributed by atoms with E-state index in [0.717, 1.165) is 6.42 Å². The zero-order chi connectivity index (χ0) is 11.8. The second-order valence-corrected chi connectivity index (χ2v) is 4.11. The van der Waals surface area contributed by atoms with Crippen LogP contribution in [0.1, 0.15) is 33.6 Å². The number of nitrogens with zero attached hydrogens (tertiary/aromatic N) is 1. The fraction of sp³-hybridized carbons (Fsp3) is 0.818. The van der Waals surface area contributed by atoms with Crippen LogP contribution in [0, 0.1) is 23.2 Å². The molecule has 2 N–H and O–H groups in total. The van der Waals surface area contributed by atoms with Crippen LogP contribution in [0.4, 0.5) is 0 Å². The standard InChI is InChI=1S/C11H20N2O2/c1-4-9(6-12)11(15)13-10(7-14)5-8(2)3/h8-10,14H,4-5,7H2,1-3H3,(H,13,15). The maximum atomic E-state index is 11.5. The molecule has 2 atom stereocenters. The molecule has 0 saturated heterocycles. The average Bonchev–Trinajstić information content (AvgIpc) is 2.17. The smallest absolute Gasteiger partial charge is 0.237 e. The van der Waals surface area contributed by atoms with Gasteiger partial charge in [-0.1, -0.05) is 20.8 Å². The average molecular weight is 212 g/mol. The summed E-state index contributed by atoms with van der Waals surface area (Å²) in [4.78, 5) is 11.5. The number of nitrogens with one attached hydrogen (secondary N) is 1. The molecule has 0 aliphatic rings. The molecule has 0 spiro atoms. The van der Waals surface area contributed by atoms with Crippen molar-refractivity contribution in [3.8, 4) is 6.07 Å². The lowest BCUT2D eigenvalue weighted by atomic mass is 10.0. The lowest BCUT2D eigenvalue weighted by Crippen LogP contribution is -2.41. The lowest BCUT2D eigenvalue weighted by Gasteiger charge is -2.19. The first-order valence-electron chi connectivity index (χ1n) is 5.35. The Morgan fingerprint density at radius 3 is 2.47 bits per heavy atom. The number of aliphatic hydroxyl groups is 1. The molecule has 0 aromatic rings. The number of aliphatic hydroxyl groups excluding tert-OH is 1. The van der Waals surface area contributed by atoms with Gasteiger partial charge in [-0.05, 0) is 18.8 Å². The number of hydrogen-bond donors (Lipinski definition) is 2. The molecule has 86 valence electrons. The van der Waals surface area contributed by atoms with Crippen LogP contribution in [0.15, 0.2) is 0 Å². The number of carbonyl (C=O) groups excluding carboxylic acids is 1. The minimum atomic E-state index is -0.605. The van der Waals surface area contributed by atoms with Gasteiger partial charge in [0.05, 0.1) is 18.7 Å². The van der Waals surface area contributed by atoms with Crippen molar-refractivity contribution in [3.63, 3.8) is 0 Å².